The van der Waals surface area contributed by atoms with Crippen LogP contribution in [-0.2, 0) is 20.9 Å². The first-order valence-electron chi connectivity index (χ1n) is 6.33. The quantitative estimate of drug-likeness (QED) is 0.770. The number of urea groups is 1. The topological polar surface area (TPSA) is 97.7 Å². The standard InChI is InChI=1S/C12H15N3O5S/c1-7-6-21-12(19)15(7)5-9(16)20-8(2)10(17)14-4-3-13-11(14)18/h6,8H,3-5H2,1-2H3,(H,13,18)/t8-/m0/s1. The number of amides is 3. The predicted molar refractivity (Wildman–Crippen MR) is 74.0 cm³/mol. The first-order chi connectivity index (χ1) is 9.90. The number of hydrogen-bond acceptors (Lipinski definition) is 6. The number of carbonyl (C=O) groups excluding carboxylic acids is 3. The Morgan fingerprint density at radius 3 is 2.71 bits per heavy atom. The van der Waals surface area contributed by atoms with E-state index in [1.54, 1.807) is 12.3 Å². The Kier molecular flexibility index (Phi) is 4.41. The molecule has 0 bridgehead atoms. The van der Waals surface area contributed by atoms with Gasteiger partial charge in [0, 0.05) is 24.2 Å². The van der Waals surface area contributed by atoms with E-state index in [-0.39, 0.29) is 18.0 Å². The van der Waals surface area contributed by atoms with Crippen LogP contribution in [-0.4, -0.2) is 46.6 Å². The van der Waals surface area contributed by atoms with Crippen molar-refractivity contribution < 1.29 is 19.1 Å². The van der Waals surface area contributed by atoms with Gasteiger partial charge in [-0.1, -0.05) is 11.3 Å². The Morgan fingerprint density at radius 1 is 1.48 bits per heavy atom. The third-order valence-electron chi connectivity index (χ3n) is 3.04. The summed E-state index contributed by atoms with van der Waals surface area (Å²) in [5.74, 6) is -1.27. The molecular formula is C12H15N3O5S. The van der Waals surface area contributed by atoms with Gasteiger partial charge in [0.05, 0.1) is 0 Å². The molecule has 0 saturated carbocycles. The van der Waals surface area contributed by atoms with Gasteiger partial charge in [-0.25, -0.2) is 4.79 Å². The maximum atomic E-state index is 11.9. The lowest BCUT2D eigenvalue weighted by atomic mass is 10.3. The van der Waals surface area contributed by atoms with Gasteiger partial charge >= 0.3 is 16.9 Å². The Labute approximate surface area is 124 Å². The van der Waals surface area contributed by atoms with Crippen LogP contribution in [0.15, 0.2) is 10.2 Å². The minimum Gasteiger partial charge on any atom is -0.451 e. The minimum atomic E-state index is -1.07. The fraction of sp³-hybridized carbons (Fsp3) is 0.500. The fourth-order valence-electron chi connectivity index (χ4n) is 1.91. The average molecular weight is 313 g/mol. The van der Waals surface area contributed by atoms with E-state index in [0.29, 0.717) is 12.2 Å². The summed E-state index contributed by atoms with van der Waals surface area (Å²) < 4.78 is 6.26. The van der Waals surface area contributed by atoms with Crippen molar-refractivity contribution in [2.75, 3.05) is 13.1 Å². The second kappa shape index (κ2) is 6.08. The second-order valence-corrected chi connectivity index (χ2v) is 5.40. The van der Waals surface area contributed by atoms with Crippen LogP contribution >= 0.6 is 11.3 Å². The molecule has 0 radical (unpaired) electrons. The summed E-state index contributed by atoms with van der Waals surface area (Å²) in [7, 11) is 0. The first kappa shape index (κ1) is 15.2. The van der Waals surface area contributed by atoms with E-state index in [4.69, 9.17) is 4.74 Å². The van der Waals surface area contributed by atoms with Crippen molar-refractivity contribution >= 4 is 29.2 Å². The predicted octanol–water partition coefficient (Wildman–Crippen LogP) is -0.298. The van der Waals surface area contributed by atoms with Gasteiger partial charge in [0.15, 0.2) is 6.10 Å². The van der Waals surface area contributed by atoms with E-state index < -0.39 is 24.0 Å². The molecule has 1 saturated heterocycles. The minimum absolute atomic E-state index is 0.252. The lowest BCUT2D eigenvalue weighted by Gasteiger charge is -2.18. The molecule has 8 nitrogen and oxygen atoms in total. The molecule has 1 aliphatic rings. The molecule has 0 aliphatic carbocycles. The lowest BCUT2D eigenvalue weighted by Crippen LogP contribution is -2.42. The van der Waals surface area contributed by atoms with E-state index in [1.165, 1.54) is 11.5 Å². The molecule has 114 valence electrons. The fourth-order valence-corrected chi connectivity index (χ4v) is 2.65. The molecular weight excluding hydrogens is 298 g/mol. The molecule has 2 rings (SSSR count). The number of aromatic nitrogens is 1. The van der Waals surface area contributed by atoms with Crippen LogP contribution in [0.2, 0.25) is 0 Å². The number of rotatable bonds is 4. The second-order valence-electron chi connectivity index (χ2n) is 4.58. The van der Waals surface area contributed by atoms with Crippen molar-refractivity contribution in [1.29, 1.82) is 0 Å². The number of ether oxygens (including phenoxy) is 1. The van der Waals surface area contributed by atoms with Gasteiger partial charge in [0.1, 0.15) is 6.54 Å². The monoisotopic (exact) mass is 313 g/mol. The Morgan fingerprint density at radius 2 is 2.19 bits per heavy atom. The Balaban J connectivity index is 1.94. The highest BCUT2D eigenvalue weighted by molar-refractivity contribution is 7.07. The molecule has 21 heavy (non-hydrogen) atoms. The maximum absolute atomic E-state index is 11.9. The highest BCUT2D eigenvalue weighted by Crippen LogP contribution is 2.06. The van der Waals surface area contributed by atoms with Crippen molar-refractivity contribution in [1.82, 2.24) is 14.8 Å². The number of imide groups is 1. The molecule has 0 aromatic carbocycles. The summed E-state index contributed by atoms with van der Waals surface area (Å²) in [6, 6.07) is -0.493. The largest absolute Gasteiger partial charge is 0.451 e. The molecule has 1 aromatic rings. The zero-order valence-corrected chi connectivity index (χ0v) is 12.4. The van der Waals surface area contributed by atoms with Crippen LogP contribution in [0.25, 0.3) is 0 Å². The lowest BCUT2D eigenvalue weighted by molar-refractivity contribution is -0.158. The molecule has 1 N–H and O–H groups in total. The molecule has 1 aliphatic heterocycles. The van der Waals surface area contributed by atoms with E-state index >= 15 is 0 Å². The van der Waals surface area contributed by atoms with Crippen molar-refractivity contribution in [3.63, 3.8) is 0 Å². The third-order valence-corrected chi connectivity index (χ3v) is 3.92. The number of nitrogens with zero attached hydrogens (tertiary/aromatic N) is 2. The summed E-state index contributed by atoms with van der Waals surface area (Å²) in [5.41, 5.74) is 0.653. The molecule has 9 heteroatoms. The number of carbonyl (C=O) groups is 3. The van der Waals surface area contributed by atoms with E-state index in [0.717, 1.165) is 16.2 Å². The average Bonchev–Trinajstić information content (AvgIpc) is 2.98. The van der Waals surface area contributed by atoms with Crippen molar-refractivity contribution in [2.24, 2.45) is 0 Å². The van der Waals surface area contributed by atoms with Crippen LogP contribution in [0.1, 0.15) is 12.6 Å². The number of hydrogen-bond donors (Lipinski definition) is 1. The van der Waals surface area contributed by atoms with Gasteiger partial charge in [-0.05, 0) is 13.8 Å². The van der Waals surface area contributed by atoms with Crippen LogP contribution in [0.3, 0.4) is 0 Å². The highest BCUT2D eigenvalue weighted by Gasteiger charge is 2.31. The van der Waals surface area contributed by atoms with Crippen LogP contribution in [0.4, 0.5) is 4.79 Å². The Bertz CT molecular complexity index is 635. The molecule has 1 aromatic heterocycles. The van der Waals surface area contributed by atoms with Crippen LogP contribution < -0.4 is 10.2 Å². The number of nitrogens with one attached hydrogen (secondary N) is 1. The summed E-state index contributed by atoms with van der Waals surface area (Å²) >= 11 is 0.990. The van der Waals surface area contributed by atoms with Crippen molar-refractivity contribution in [3.8, 4) is 0 Å². The normalized spacial score (nSPS) is 15.7. The molecule has 1 atom stereocenters. The van der Waals surface area contributed by atoms with Crippen molar-refractivity contribution in [2.45, 2.75) is 26.5 Å². The van der Waals surface area contributed by atoms with E-state index in [1.807, 2.05) is 0 Å². The molecule has 2 heterocycles. The van der Waals surface area contributed by atoms with E-state index in [9.17, 15) is 19.2 Å². The summed E-state index contributed by atoms with van der Waals surface area (Å²) in [4.78, 5) is 47.3. The van der Waals surface area contributed by atoms with Gasteiger partial charge in [-0.3, -0.25) is 23.9 Å². The molecule has 1 fully saturated rings. The molecule has 0 unspecified atom stereocenters. The van der Waals surface area contributed by atoms with Gasteiger partial charge in [0.25, 0.3) is 5.91 Å². The number of aryl methyl sites for hydroxylation is 1. The van der Waals surface area contributed by atoms with Gasteiger partial charge in [0.2, 0.25) is 0 Å². The Hall–Kier alpha value is -2.16. The summed E-state index contributed by atoms with van der Waals surface area (Å²) in [6.07, 6.45) is -1.07. The van der Waals surface area contributed by atoms with Crippen LogP contribution in [0.5, 0.6) is 0 Å². The van der Waals surface area contributed by atoms with Gasteiger partial charge in [-0.15, -0.1) is 0 Å². The highest BCUT2D eigenvalue weighted by atomic mass is 32.1. The summed E-state index contributed by atoms with van der Waals surface area (Å²) in [5, 5.41) is 4.13. The number of thiazole rings is 1. The van der Waals surface area contributed by atoms with Gasteiger partial charge in [-0.2, -0.15) is 0 Å². The SMILES string of the molecule is Cc1csc(=O)n1CC(=O)O[C@@H](C)C(=O)N1CCNC1=O. The molecule has 3 amide bonds. The van der Waals surface area contributed by atoms with E-state index in [2.05, 4.69) is 5.32 Å². The van der Waals surface area contributed by atoms with Crippen molar-refractivity contribution in [3.05, 3.63) is 20.7 Å². The summed E-state index contributed by atoms with van der Waals surface area (Å²) in [6.45, 7) is 3.48. The number of esters is 1. The maximum Gasteiger partial charge on any atom is 0.326 e. The third kappa shape index (κ3) is 3.30. The van der Waals surface area contributed by atoms with Gasteiger partial charge < -0.3 is 10.1 Å². The first-order valence-corrected chi connectivity index (χ1v) is 7.21. The smallest absolute Gasteiger partial charge is 0.326 e. The zero-order chi connectivity index (χ0) is 15.6. The zero-order valence-electron chi connectivity index (χ0n) is 11.6. The van der Waals surface area contributed by atoms with Crippen LogP contribution in [0, 0.1) is 6.92 Å². The molecule has 0 spiro atoms.